The molecule has 0 atom stereocenters. The van der Waals surface area contributed by atoms with Crippen molar-refractivity contribution in [1.29, 1.82) is 5.26 Å². The summed E-state index contributed by atoms with van der Waals surface area (Å²) in [6.07, 6.45) is 1.39. The third-order valence-electron chi connectivity index (χ3n) is 2.20. The Kier molecular flexibility index (Phi) is 4.77. The van der Waals surface area contributed by atoms with Gasteiger partial charge < -0.3 is 5.32 Å². The maximum absolute atomic E-state index is 11.7. The molecular formula is C13H13N3O3. The molecule has 0 aromatic heterocycles. The summed E-state index contributed by atoms with van der Waals surface area (Å²) in [7, 11) is 0. The van der Waals surface area contributed by atoms with E-state index in [1.54, 1.807) is 13.8 Å². The van der Waals surface area contributed by atoms with Gasteiger partial charge in [0.05, 0.1) is 4.92 Å². The van der Waals surface area contributed by atoms with E-state index in [1.165, 1.54) is 30.3 Å². The summed E-state index contributed by atoms with van der Waals surface area (Å²) in [5.41, 5.74) is 0.478. The largest absolute Gasteiger partial charge is 0.349 e. The lowest BCUT2D eigenvalue weighted by Crippen LogP contribution is -2.30. The first-order valence-corrected chi connectivity index (χ1v) is 5.61. The van der Waals surface area contributed by atoms with Gasteiger partial charge >= 0.3 is 0 Å². The van der Waals surface area contributed by atoms with Gasteiger partial charge in [-0.3, -0.25) is 14.9 Å². The number of benzene rings is 1. The van der Waals surface area contributed by atoms with Gasteiger partial charge in [0.1, 0.15) is 11.6 Å². The smallest absolute Gasteiger partial charge is 0.269 e. The second kappa shape index (κ2) is 6.31. The molecule has 1 N–H and O–H groups in total. The highest BCUT2D eigenvalue weighted by Crippen LogP contribution is 2.14. The molecule has 0 unspecified atom stereocenters. The first-order valence-electron chi connectivity index (χ1n) is 5.61. The number of nitriles is 1. The van der Waals surface area contributed by atoms with Gasteiger partial charge in [-0.1, -0.05) is 0 Å². The molecule has 0 heterocycles. The molecule has 0 aliphatic carbocycles. The molecule has 1 rings (SSSR count). The standard InChI is InChI=1S/C13H13N3O3/c1-9(2)15-13(17)11(8-14)7-10-3-5-12(6-4-10)16(18)19/h3-7,9H,1-2H3,(H,15,17)/b11-7+. The predicted molar refractivity (Wildman–Crippen MR) is 70.0 cm³/mol. The molecule has 0 saturated heterocycles. The molecule has 1 aromatic carbocycles. The Morgan fingerprint density at radius 1 is 1.42 bits per heavy atom. The Labute approximate surface area is 110 Å². The third kappa shape index (κ3) is 4.24. The van der Waals surface area contributed by atoms with Crippen LogP contribution in [0.15, 0.2) is 29.8 Å². The van der Waals surface area contributed by atoms with E-state index in [0.29, 0.717) is 5.56 Å². The van der Waals surface area contributed by atoms with E-state index in [9.17, 15) is 14.9 Å². The average Bonchev–Trinajstić information content (AvgIpc) is 2.35. The SMILES string of the molecule is CC(C)NC(=O)/C(C#N)=C/c1ccc([N+](=O)[O-])cc1. The summed E-state index contributed by atoms with van der Waals surface area (Å²) in [6.45, 7) is 3.58. The Morgan fingerprint density at radius 2 is 2.00 bits per heavy atom. The van der Waals surface area contributed by atoms with Crippen molar-refractivity contribution in [3.63, 3.8) is 0 Å². The van der Waals surface area contributed by atoms with Crippen LogP contribution >= 0.6 is 0 Å². The minimum atomic E-state index is -0.510. The monoisotopic (exact) mass is 259 g/mol. The zero-order valence-electron chi connectivity index (χ0n) is 10.6. The zero-order chi connectivity index (χ0) is 14.4. The number of carbonyl (C=O) groups is 1. The van der Waals surface area contributed by atoms with Crippen molar-refractivity contribution in [3.05, 3.63) is 45.5 Å². The summed E-state index contributed by atoms with van der Waals surface area (Å²) < 4.78 is 0. The van der Waals surface area contributed by atoms with E-state index < -0.39 is 10.8 Å². The molecule has 19 heavy (non-hydrogen) atoms. The van der Waals surface area contributed by atoms with Gasteiger partial charge in [-0.2, -0.15) is 5.26 Å². The van der Waals surface area contributed by atoms with E-state index in [2.05, 4.69) is 5.32 Å². The highest BCUT2D eigenvalue weighted by molar-refractivity contribution is 6.01. The number of non-ortho nitro benzene ring substituents is 1. The van der Waals surface area contributed by atoms with Crippen molar-refractivity contribution in [1.82, 2.24) is 5.32 Å². The highest BCUT2D eigenvalue weighted by Gasteiger charge is 2.10. The highest BCUT2D eigenvalue weighted by atomic mass is 16.6. The van der Waals surface area contributed by atoms with Crippen LogP contribution in [-0.4, -0.2) is 16.9 Å². The van der Waals surface area contributed by atoms with Gasteiger partial charge in [0.25, 0.3) is 11.6 Å². The third-order valence-corrected chi connectivity index (χ3v) is 2.20. The maximum atomic E-state index is 11.7. The van der Waals surface area contributed by atoms with E-state index in [4.69, 9.17) is 5.26 Å². The van der Waals surface area contributed by atoms with Gasteiger partial charge in [-0.15, -0.1) is 0 Å². The van der Waals surface area contributed by atoms with Crippen LogP contribution in [0.5, 0.6) is 0 Å². The summed E-state index contributed by atoms with van der Waals surface area (Å²) in [4.78, 5) is 21.6. The molecule has 0 radical (unpaired) electrons. The van der Waals surface area contributed by atoms with Crippen molar-refractivity contribution in [3.8, 4) is 6.07 Å². The fourth-order valence-corrected chi connectivity index (χ4v) is 1.35. The molecule has 1 aromatic rings. The zero-order valence-corrected chi connectivity index (χ0v) is 10.6. The fraction of sp³-hybridized carbons (Fsp3) is 0.231. The number of hydrogen-bond acceptors (Lipinski definition) is 4. The second-order valence-corrected chi connectivity index (χ2v) is 4.15. The number of hydrogen-bond donors (Lipinski definition) is 1. The quantitative estimate of drug-likeness (QED) is 0.387. The number of rotatable bonds is 4. The molecule has 6 nitrogen and oxygen atoms in total. The number of nitro benzene ring substituents is 1. The minimum absolute atomic E-state index is 0.0393. The van der Waals surface area contributed by atoms with Crippen molar-refractivity contribution < 1.29 is 9.72 Å². The van der Waals surface area contributed by atoms with Crippen LogP contribution in [0.25, 0.3) is 6.08 Å². The number of amides is 1. The van der Waals surface area contributed by atoms with Crippen molar-refractivity contribution in [2.75, 3.05) is 0 Å². The maximum Gasteiger partial charge on any atom is 0.269 e. The lowest BCUT2D eigenvalue weighted by molar-refractivity contribution is -0.384. The van der Waals surface area contributed by atoms with E-state index >= 15 is 0 Å². The van der Waals surface area contributed by atoms with Gasteiger partial charge in [-0.05, 0) is 37.6 Å². The number of nitrogens with zero attached hydrogens (tertiary/aromatic N) is 2. The Bertz CT molecular complexity index is 553. The van der Waals surface area contributed by atoms with Crippen LogP contribution in [0, 0.1) is 21.4 Å². The molecule has 1 amide bonds. The molecule has 0 aliphatic rings. The van der Waals surface area contributed by atoms with E-state index in [1.807, 2.05) is 6.07 Å². The molecule has 0 aliphatic heterocycles. The first-order chi connectivity index (χ1) is 8.93. The molecular weight excluding hydrogens is 246 g/mol. The second-order valence-electron chi connectivity index (χ2n) is 4.15. The minimum Gasteiger partial charge on any atom is -0.349 e. The van der Waals surface area contributed by atoms with Crippen LogP contribution in [0.3, 0.4) is 0 Å². The summed E-state index contributed by atoms with van der Waals surface area (Å²) in [5, 5.41) is 22.0. The van der Waals surface area contributed by atoms with Crippen LogP contribution in [0.2, 0.25) is 0 Å². The first kappa shape index (κ1) is 14.4. The number of nitrogens with one attached hydrogen (secondary N) is 1. The molecule has 0 bridgehead atoms. The van der Waals surface area contributed by atoms with Crippen molar-refractivity contribution >= 4 is 17.7 Å². The Morgan fingerprint density at radius 3 is 2.42 bits per heavy atom. The van der Waals surface area contributed by atoms with E-state index in [0.717, 1.165) is 0 Å². The van der Waals surface area contributed by atoms with Crippen LogP contribution in [-0.2, 0) is 4.79 Å². The number of carbonyl (C=O) groups excluding carboxylic acids is 1. The Balaban J connectivity index is 2.95. The lowest BCUT2D eigenvalue weighted by atomic mass is 10.1. The molecule has 6 heteroatoms. The molecule has 0 saturated carbocycles. The van der Waals surface area contributed by atoms with Gasteiger partial charge in [-0.25, -0.2) is 0 Å². The van der Waals surface area contributed by atoms with Crippen LogP contribution in [0.4, 0.5) is 5.69 Å². The van der Waals surface area contributed by atoms with Gasteiger partial charge in [0.15, 0.2) is 0 Å². The van der Waals surface area contributed by atoms with Crippen LogP contribution in [0.1, 0.15) is 19.4 Å². The lowest BCUT2D eigenvalue weighted by Gasteiger charge is -2.06. The predicted octanol–water partition coefficient (Wildman–Crippen LogP) is 2.03. The average molecular weight is 259 g/mol. The van der Waals surface area contributed by atoms with Crippen molar-refractivity contribution in [2.24, 2.45) is 0 Å². The summed E-state index contributed by atoms with van der Waals surface area (Å²) >= 11 is 0. The van der Waals surface area contributed by atoms with E-state index in [-0.39, 0.29) is 17.3 Å². The fourth-order valence-electron chi connectivity index (χ4n) is 1.35. The molecule has 0 fully saturated rings. The summed E-state index contributed by atoms with van der Waals surface area (Å²) in [5.74, 6) is -0.462. The van der Waals surface area contributed by atoms with Gasteiger partial charge in [0, 0.05) is 18.2 Å². The molecule has 98 valence electrons. The topological polar surface area (TPSA) is 96.0 Å². The van der Waals surface area contributed by atoms with Crippen molar-refractivity contribution in [2.45, 2.75) is 19.9 Å². The number of nitro groups is 1. The summed E-state index contributed by atoms with van der Waals surface area (Å²) in [6, 6.07) is 7.35. The Hall–Kier alpha value is -2.68. The molecule has 0 spiro atoms. The van der Waals surface area contributed by atoms with Crippen LogP contribution < -0.4 is 5.32 Å². The normalized spacial score (nSPS) is 10.9. The van der Waals surface area contributed by atoms with Gasteiger partial charge in [0.2, 0.25) is 0 Å².